The van der Waals surface area contributed by atoms with Crippen LogP contribution in [0.3, 0.4) is 0 Å². The number of rotatable bonds is 6. The second-order valence-electron chi connectivity index (χ2n) is 7.58. The van der Waals surface area contributed by atoms with Crippen LogP contribution < -0.4 is 9.47 Å². The zero-order valence-corrected chi connectivity index (χ0v) is 16.9. The number of benzene rings is 1. The summed E-state index contributed by atoms with van der Waals surface area (Å²) in [5.74, 6) is 1.34. The molecule has 0 spiro atoms. The van der Waals surface area contributed by atoms with Gasteiger partial charge in [0.2, 0.25) is 6.79 Å². The topological polar surface area (TPSA) is 59.8 Å². The Hall–Kier alpha value is -2.54. The van der Waals surface area contributed by atoms with Crippen molar-refractivity contribution in [2.75, 3.05) is 26.4 Å². The number of fused-ring (bicyclic) bond motifs is 1. The first-order valence-electron chi connectivity index (χ1n) is 9.97. The molecule has 2 aromatic rings. The molecule has 1 saturated heterocycles. The van der Waals surface area contributed by atoms with Crippen LogP contribution in [-0.2, 0) is 13.6 Å². The van der Waals surface area contributed by atoms with Crippen molar-refractivity contribution in [3.05, 3.63) is 41.2 Å². The lowest BCUT2D eigenvalue weighted by atomic mass is 10.1. The van der Waals surface area contributed by atoms with E-state index >= 15 is 0 Å². The number of ether oxygens (including phenoxy) is 2. The van der Waals surface area contributed by atoms with Crippen molar-refractivity contribution in [1.82, 2.24) is 19.6 Å². The monoisotopic (exact) mass is 384 g/mol. The second kappa shape index (κ2) is 7.83. The molecule has 1 aromatic carbocycles. The fourth-order valence-corrected chi connectivity index (χ4v) is 4.21. The van der Waals surface area contributed by atoms with Gasteiger partial charge in [0.25, 0.3) is 5.91 Å². The number of nitrogens with zero attached hydrogens (tertiary/aromatic N) is 4. The van der Waals surface area contributed by atoms with E-state index in [1.807, 2.05) is 41.8 Å². The van der Waals surface area contributed by atoms with E-state index in [0.717, 1.165) is 30.9 Å². The zero-order valence-electron chi connectivity index (χ0n) is 16.9. The van der Waals surface area contributed by atoms with E-state index in [1.54, 1.807) is 6.07 Å². The first-order valence-corrected chi connectivity index (χ1v) is 9.97. The molecule has 0 N–H and O–H groups in total. The summed E-state index contributed by atoms with van der Waals surface area (Å²) in [6, 6.07) is 7.88. The van der Waals surface area contributed by atoms with Crippen molar-refractivity contribution < 1.29 is 14.3 Å². The van der Waals surface area contributed by atoms with Gasteiger partial charge in [0.1, 0.15) is 0 Å². The molecule has 1 fully saturated rings. The molecule has 0 aliphatic carbocycles. The highest BCUT2D eigenvalue weighted by molar-refractivity contribution is 5.95. The number of carbonyl (C=O) groups excluding carboxylic acids is 1. The first-order chi connectivity index (χ1) is 13.5. The molecule has 150 valence electrons. The van der Waals surface area contributed by atoms with Crippen LogP contribution in [0, 0.1) is 6.92 Å². The standard InChI is InChI=1S/C21H28N4O3/c1-4-24-9-5-6-17(24)12-25(13-18-10-15(2)22-23(18)3)21(26)16-7-8-19-20(11-16)28-14-27-19/h7-8,10-11,17H,4-6,9,12-14H2,1-3H3/t17-/m0/s1. The number of amides is 1. The fraction of sp³-hybridized carbons (Fsp3) is 0.524. The average Bonchev–Trinajstić information content (AvgIpc) is 3.40. The van der Waals surface area contributed by atoms with Gasteiger partial charge in [-0.15, -0.1) is 0 Å². The number of likely N-dealkylation sites (N-methyl/N-ethyl adjacent to an activating group) is 1. The van der Waals surface area contributed by atoms with E-state index in [4.69, 9.17) is 9.47 Å². The smallest absolute Gasteiger partial charge is 0.254 e. The highest BCUT2D eigenvalue weighted by Gasteiger charge is 2.29. The third kappa shape index (κ3) is 3.71. The zero-order chi connectivity index (χ0) is 19.7. The molecule has 1 amide bonds. The molecule has 1 aromatic heterocycles. The van der Waals surface area contributed by atoms with Gasteiger partial charge in [-0.1, -0.05) is 6.92 Å². The molecule has 0 unspecified atom stereocenters. The number of hydrogen-bond donors (Lipinski definition) is 0. The summed E-state index contributed by atoms with van der Waals surface area (Å²) in [6.07, 6.45) is 2.32. The van der Waals surface area contributed by atoms with Gasteiger partial charge in [-0.05, 0) is 57.1 Å². The van der Waals surface area contributed by atoms with Crippen molar-refractivity contribution in [1.29, 1.82) is 0 Å². The molecule has 2 aliphatic heterocycles. The van der Waals surface area contributed by atoms with Crippen LogP contribution >= 0.6 is 0 Å². The molecule has 0 saturated carbocycles. The number of carbonyl (C=O) groups is 1. The summed E-state index contributed by atoms with van der Waals surface area (Å²) in [5.41, 5.74) is 2.63. The predicted molar refractivity (Wildman–Crippen MR) is 106 cm³/mol. The van der Waals surface area contributed by atoms with Crippen LogP contribution in [0.15, 0.2) is 24.3 Å². The second-order valence-corrected chi connectivity index (χ2v) is 7.58. The summed E-state index contributed by atoms with van der Waals surface area (Å²) < 4.78 is 12.7. The van der Waals surface area contributed by atoms with Gasteiger partial charge in [0, 0.05) is 25.2 Å². The minimum Gasteiger partial charge on any atom is -0.454 e. The molecule has 3 heterocycles. The third-order valence-corrected chi connectivity index (χ3v) is 5.69. The van der Waals surface area contributed by atoms with E-state index in [0.29, 0.717) is 36.2 Å². The Morgan fingerprint density at radius 1 is 1.29 bits per heavy atom. The number of aromatic nitrogens is 2. The largest absolute Gasteiger partial charge is 0.454 e. The van der Waals surface area contributed by atoms with Crippen LogP contribution in [0.4, 0.5) is 0 Å². The highest BCUT2D eigenvalue weighted by atomic mass is 16.7. The Morgan fingerprint density at radius 3 is 2.86 bits per heavy atom. The minimum absolute atomic E-state index is 0.0140. The molecular formula is C21H28N4O3. The van der Waals surface area contributed by atoms with E-state index in [-0.39, 0.29) is 12.7 Å². The van der Waals surface area contributed by atoms with Gasteiger partial charge in [-0.25, -0.2) is 0 Å². The van der Waals surface area contributed by atoms with Crippen molar-refractivity contribution in [3.8, 4) is 11.5 Å². The van der Waals surface area contributed by atoms with Crippen LogP contribution in [0.2, 0.25) is 0 Å². The van der Waals surface area contributed by atoms with Crippen molar-refractivity contribution >= 4 is 5.91 Å². The van der Waals surface area contributed by atoms with Gasteiger partial charge in [0.15, 0.2) is 11.5 Å². The van der Waals surface area contributed by atoms with Gasteiger partial charge in [-0.2, -0.15) is 5.10 Å². The number of likely N-dealkylation sites (tertiary alicyclic amines) is 1. The Morgan fingerprint density at radius 2 is 2.11 bits per heavy atom. The lowest BCUT2D eigenvalue weighted by Crippen LogP contribution is -2.43. The first kappa shape index (κ1) is 18.8. The van der Waals surface area contributed by atoms with Gasteiger partial charge in [0.05, 0.1) is 17.9 Å². The quantitative estimate of drug-likeness (QED) is 0.766. The SMILES string of the molecule is CCN1CCC[C@H]1CN(Cc1cc(C)nn1C)C(=O)c1ccc2c(c1)OCO2. The lowest BCUT2D eigenvalue weighted by Gasteiger charge is -2.30. The summed E-state index contributed by atoms with van der Waals surface area (Å²) in [5, 5.41) is 4.44. The fourth-order valence-electron chi connectivity index (χ4n) is 4.21. The molecule has 1 atom stereocenters. The van der Waals surface area contributed by atoms with E-state index < -0.39 is 0 Å². The normalized spacial score (nSPS) is 18.6. The Bertz CT molecular complexity index is 863. The van der Waals surface area contributed by atoms with Crippen LogP contribution in [-0.4, -0.2) is 58.0 Å². The molecule has 2 aliphatic rings. The van der Waals surface area contributed by atoms with Gasteiger partial charge < -0.3 is 14.4 Å². The molecular weight excluding hydrogens is 356 g/mol. The molecule has 28 heavy (non-hydrogen) atoms. The summed E-state index contributed by atoms with van der Waals surface area (Å²) in [6.45, 7) is 7.75. The van der Waals surface area contributed by atoms with E-state index in [2.05, 4.69) is 16.9 Å². The average molecular weight is 384 g/mol. The summed E-state index contributed by atoms with van der Waals surface area (Å²) >= 11 is 0. The number of hydrogen-bond acceptors (Lipinski definition) is 5. The van der Waals surface area contributed by atoms with Crippen LogP contribution in [0.25, 0.3) is 0 Å². The molecule has 0 radical (unpaired) electrons. The summed E-state index contributed by atoms with van der Waals surface area (Å²) in [7, 11) is 1.93. The van der Waals surface area contributed by atoms with Crippen molar-refractivity contribution in [2.45, 2.75) is 39.3 Å². The number of aryl methyl sites for hydroxylation is 2. The Balaban J connectivity index is 1.59. The predicted octanol–water partition coefficient (Wildman–Crippen LogP) is 2.58. The van der Waals surface area contributed by atoms with E-state index in [1.165, 1.54) is 6.42 Å². The maximum atomic E-state index is 13.4. The summed E-state index contributed by atoms with van der Waals surface area (Å²) in [4.78, 5) is 17.8. The molecule has 7 nitrogen and oxygen atoms in total. The lowest BCUT2D eigenvalue weighted by molar-refractivity contribution is 0.0687. The molecule has 4 rings (SSSR count). The van der Waals surface area contributed by atoms with Crippen molar-refractivity contribution in [3.63, 3.8) is 0 Å². The maximum absolute atomic E-state index is 13.4. The Labute approximate surface area is 165 Å². The molecule has 0 bridgehead atoms. The van der Waals surface area contributed by atoms with Crippen molar-refractivity contribution in [2.24, 2.45) is 7.05 Å². The minimum atomic E-state index is 0.0140. The van der Waals surface area contributed by atoms with Gasteiger partial charge in [-0.3, -0.25) is 14.4 Å². The van der Waals surface area contributed by atoms with Crippen LogP contribution in [0.5, 0.6) is 11.5 Å². The van der Waals surface area contributed by atoms with E-state index in [9.17, 15) is 4.79 Å². The maximum Gasteiger partial charge on any atom is 0.254 e. The molecule has 7 heteroatoms. The third-order valence-electron chi connectivity index (χ3n) is 5.69. The highest BCUT2D eigenvalue weighted by Crippen LogP contribution is 2.33. The van der Waals surface area contributed by atoms with Gasteiger partial charge >= 0.3 is 0 Å². The van der Waals surface area contributed by atoms with Crippen LogP contribution in [0.1, 0.15) is 41.5 Å². The Kier molecular flexibility index (Phi) is 5.26.